The van der Waals surface area contributed by atoms with Gasteiger partial charge in [0.25, 0.3) is 0 Å². The van der Waals surface area contributed by atoms with Crippen molar-refractivity contribution in [3.05, 3.63) is 52.6 Å². The molecule has 2 rings (SSSR count). The molecule has 1 aromatic carbocycles. The van der Waals surface area contributed by atoms with Gasteiger partial charge in [0.15, 0.2) is 0 Å². The Bertz CT molecular complexity index is 525. The molecule has 3 nitrogen and oxygen atoms in total. The van der Waals surface area contributed by atoms with Gasteiger partial charge in [-0.1, -0.05) is 23.7 Å². The van der Waals surface area contributed by atoms with Crippen molar-refractivity contribution in [2.75, 3.05) is 0 Å². The molecule has 1 aromatic heterocycles. The molecule has 17 heavy (non-hydrogen) atoms. The van der Waals surface area contributed by atoms with E-state index in [0.29, 0.717) is 17.7 Å². The van der Waals surface area contributed by atoms with E-state index in [1.54, 1.807) is 36.1 Å². The van der Waals surface area contributed by atoms with E-state index in [2.05, 4.69) is 5.10 Å². The molecule has 1 N–H and O–H groups in total. The molecule has 0 radical (unpaired) electrons. The smallest absolute Gasteiger partial charge is 0.146 e. The number of halogens is 2. The highest BCUT2D eigenvalue weighted by Gasteiger charge is 2.09. The molecule has 0 saturated carbocycles. The number of hydrogen-bond acceptors (Lipinski definition) is 2. The van der Waals surface area contributed by atoms with Crippen LogP contribution in [-0.4, -0.2) is 14.9 Å². The van der Waals surface area contributed by atoms with Crippen molar-refractivity contribution >= 4 is 11.6 Å². The molecule has 90 valence electrons. The summed E-state index contributed by atoms with van der Waals surface area (Å²) in [7, 11) is 0. The van der Waals surface area contributed by atoms with E-state index < -0.39 is 11.9 Å². The first kappa shape index (κ1) is 12.1. The lowest BCUT2D eigenvalue weighted by Crippen LogP contribution is -2.02. The second-order valence-electron chi connectivity index (χ2n) is 3.86. The Morgan fingerprint density at radius 2 is 2.29 bits per heavy atom. The summed E-state index contributed by atoms with van der Waals surface area (Å²) in [5.74, 6) is -0.428. The quantitative estimate of drug-likeness (QED) is 0.915. The SMILES string of the molecule is CC(O)c1cnn(Cc2cccc(Cl)c2F)c1. The summed E-state index contributed by atoms with van der Waals surface area (Å²) in [5.41, 5.74) is 1.17. The molecule has 0 aliphatic rings. The van der Waals surface area contributed by atoms with Crippen LogP contribution in [0, 0.1) is 5.82 Å². The second-order valence-corrected chi connectivity index (χ2v) is 4.27. The topological polar surface area (TPSA) is 38.1 Å². The third-order valence-corrected chi connectivity index (χ3v) is 2.79. The number of benzene rings is 1. The minimum atomic E-state index is -0.576. The summed E-state index contributed by atoms with van der Waals surface area (Å²) < 4.78 is 15.2. The van der Waals surface area contributed by atoms with Gasteiger partial charge in [0, 0.05) is 17.3 Å². The molecule has 1 unspecified atom stereocenters. The van der Waals surface area contributed by atoms with Crippen LogP contribution in [0.4, 0.5) is 4.39 Å². The van der Waals surface area contributed by atoms with E-state index >= 15 is 0 Å². The fraction of sp³-hybridized carbons (Fsp3) is 0.250. The first-order chi connectivity index (χ1) is 8.08. The van der Waals surface area contributed by atoms with Crippen molar-refractivity contribution in [3.63, 3.8) is 0 Å². The maximum absolute atomic E-state index is 13.6. The van der Waals surface area contributed by atoms with Gasteiger partial charge in [0.1, 0.15) is 5.82 Å². The summed E-state index contributed by atoms with van der Waals surface area (Å²) in [6.45, 7) is 1.94. The number of rotatable bonds is 3. The maximum Gasteiger partial charge on any atom is 0.146 e. The molecular weight excluding hydrogens is 243 g/mol. The standard InChI is InChI=1S/C12H12ClFN2O/c1-8(17)10-5-15-16(7-10)6-9-3-2-4-11(13)12(9)14/h2-5,7-8,17H,6H2,1H3. The summed E-state index contributed by atoms with van der Waals surface area (Å²) in [5, 5.41) is 13.5. The van der Waals surface area contributed by atoms with Gasteiger partial charge in [-0.2, -0.15) is 5.10 Å². The van der Waals surface area contributed by atoms with Gasteiger partial charge in [-0.05, 0) is 13.0 Å². The second kappa shape index (κ2) is 4.85. The molecule has 0 fully saturated rings. The summed E-state index contributed by atoms with van der Waals surface area (Å²) in [6.07, 6.45) is 2.67. The minimum Gasteiger partial charge on any atom is -0.389 e. The summed E-state index contributed by atoms with van der Waals surface area (Å²) >= 11 is 5.69. The lowest BCUT2D eigenvalue weighted by atomic mass is 10.2. The first-order valence-electron chi connectivity index (χ1n) is 5.21. The van der Waals surface area contributed by atoms with E-state index in [1.807, 2.05) is 0 Å². The van der Waals surface area contributed by atoms with Crippen LogP contribution in [-0.2, 0) is 6.54 Å². The Morgan fingerprint density at radius 1 is 1.53 bits per heavy atom. The largest absolute Gasteiger partial charge is 0.389 e. The maximum atomic E-state index is 13.6. The molecule has 0 amide bonds. The van der Waals surface area contributed by atoms with Gasteiger partial charge in [0.05, 0.1) is 23.9 Å². The van der Waals surface area contributed by atoms with Crippen molar-refractivity contribution < 1.29 is 9.50 Å². The van der Waals surface area contributed by atoms with Gasteiger partial charge >= 0.3 is 0 Å². The van der Waals surface area contributed by atoms with Gasteiger partial charge in [-0.15, -0.1) is 0 Å². The van der Waals surface area contributed by atoms with Crippen LogP contribution in [0.1, 0.15) is 24.2 Å². The third kappa shape index (κ3) is 2.65. The highest BCUT2D eigenvalue weighted by Crippen LogP contribution is 2.19. The molecule has 2 aromatic rings. The minimum absolute atomic E-state index is 0.102. The Labute approximate surface area is 103 Å². The van der Waals surface area contributed by atoms with Gasteiger partial charge in [-0.25, -0.2) is 4.39 Å². The zero-order chi connectivity index (χ0) is 12.4. The Kier molecular flexibility index (Phi) is 3.45. The fourth-order valence-corrected chi connectivity index (χ4v) is 1.72. The molecular formula is C12H12ClFN2O. The van der Waals surface area contributed by atoms with Crippen LogP contribution >= 0.6 is 11.6 Å². The highest BCUT2D eigenvalue weighted by atomic mass is 35.5. The zero-order valence-electron chi connectivity index (χ0n) is 9.27. The first-order valence-corrected chi connectivity index (χ1v) is 5.59. The fourth-order valence-electron chi connectivity index (χ4n) is 1.53. The Balaban J connectivity index is 2.22. The average Bonchev–Trinajstić information content (AvgIpc) is 2.73. The Hall–Kier alpha value is -1.39. The van der Waals surface area contributed by atoms with Crippen LogP contribution in [0.3, 0.4) is 0 Å². The lowest BCUT2D eigenvalue weighted by Gasteiger charge is -2.04. The molecule has 0 bridgehead atoms. The van der Waals surface area contributed by atoms with Gasteiger partial charge in [0.2, 0.25) is 0 Å². The van der Waals surface area contributed by atoms with Gasteiger partial charge < -0.3 is 5.11 Å². The normalized spacial score (nSPS) is 12.7. The number of aliphatic hydroxyl groups is 1. The number of aromatic nitrogens is 2. The molecule has 0 aliphatic carbocycles. The summed E-state index contributed by atoms with van der Waals surface area (Å²) in [4.78, 5) is 0. The van der Waals surface area contributed by atoms with Crippen LogP contribution in [0.2, 0.25) is 5.02 Å². The highest BCUT2D eigenvalue weighted by molar-refractivity contribution is 6.30. The monoisotopic (exact) mass is 254 g/mol. The van der Waals surface area contributed by atoms with Crippen LogP contribution < -0.4 is 0 Å². The van der Waals surface area contributed by atoms with Crippen molar-refractivity contribution in [1.29, 1.82) is 0 Å². The van der Waals surface area contributed by atoms with Crippen LogP contribution in [0.15, 0.2) is 30.6 Å². The molecule has 0 aliphatic heterocycles. The van der Waals surface area contributed by atoms with E-state index in [9.17, 15) is 9.50 Å². The lowest BCUT2D eigenvalue weighted by molar-refractivity contribution is 0.199. The average molecular weight is 255 g/mol. The Morgan fingerprint density at radius 3 is 2.94 bits per heavy atom. The number of hydrogen-bond donors (Lipinski definition) is 1. The van der Waals surface area contributed by atoms with Crippen molar-refractivity contribution in [2.45, 2.75) is 19.6 Å². The summed E-state index contributed by atoms with van der Waals surface area (Å²) in [6, 6.07) is 4.86. The van der Waals surface area contributed by atoms with Crippen molar-refractivity contribution in [3.8, 4) is 0 Å². The zero-order valence-corrected chi connectivity index (χ0v) is 10.0. The van der Waals surface area contributed by atoms with E-state index in [4.69, 9.17) is 11.6 Å². The molecule has 5 heteroatoms. The molecule has 1 atom stereocenters. The van der Waals surface area contributed by atoms with Crippen molar-refractivity contribution in [1.82, 2.24) is 9.78 Å². The van der Waals surface area contributed by atoms with E-state index in [-0.39, 0.29) is 5.02 Å². The molecule has 0 spiro atoms. The number of nitrogens with zero attached hydrogens (tertiary/aromatic N) is 2. The van der Waals surface area contributed by atoms with E-state index in [0.717, 1.165) is 0 Å². The predicted octanol–water partition coefficient (Wildman–Crippen LogP) is 2.78. The van der Waals surface area contributed by atoms with E-state index in [1.165, 1.54) is 6.07 Å². The van der Waals surface area contributed by atoms with Crippen molar-refractivity contribution in [2.24, 2.45) is 0 Å². The van der Waals surface area contributed by atoms with Crippen LogP contribution in [0.5, 0.6) is 0 Å². The predicted molar refractivity (Wildman–Crippen MR) is 63.4 cm³/mol. The van der Waals surface area contributed by atoms with Gasteiger partial charge in [-0.3, -0.25) is 4.68 Å². The molecule has 1 heterocycles. The number of aliphatic hydroxyl groups excluding tert-OH is 1. The third-order valence-electron chi connectivity index (χ3n) is 2.50. The van der Waals surface area contributed by atoms with Crippen LogP contribution in [0.25, 0.3) is 0 Å². The molecule has 0 saturated heterocycles.